The first-order valence-corrected chi connectivity index (χ1v) is 6.68. The Bertz CT molecular complexity index is 547. The highest BCUT2D eigenvalue weighted by Gasteiger charge is 2.31. The second-order valence-electron chi connectivity index (χ2n) is 3.95. The van der Waals surface area contributed by atoms with E-state index in [2.05, 4.69) is 10.3 Å². The van der Waals surface area contributed by atoms with Gasteiger partial charge in [-0.2, -0.15) is 18.4 Å². The molecule has 0 aliphatic carbocycles. The Balaban J connectivity index is 3.36. The van der Waals surface area contributed by atoms with E-state index in [0.717, 1.165) is 23.9 Å². The Kier molecular flexibility index (Phi) is 5.27. The van der Waals surface area contributed by atoms with Gasteiger partial charge in [0.2, 0.25) is 0 Å². The molecular weight excluding hydrogens is 289 g/mol. The summed E-state index contributed by atoms with van der Waals surface area (Å²) in [5.41, 5.74) is -0.0968. The largest absolute Gasteiger partial charge is 0.416 e. The molecular formula is C12H13F3N4S. The zero-order valence-corrected chi connectivity index (χ0v) is 11.9. The van der Waals surface area contributed by atoms with Crippen molar-refractivity contribution in [2.24, 2.45) is 4.99 Å². The number of benzene rings is 1. The summed E-state index contributed by atoms with van der Waals surface area (Å²) in [6.07, 6.45) is -1.07. The van der Waals surface area contributed by atoms with Crippen LogP contribution >= 0.6 is 11.8 Å². The van der Waals surface area contributed by atoms with Crippen LogP contribution in [0.2, 0.25) is 0 Å². The number of thioether (sulfide) groups is 1. The predicted octanol–water partition coefficient (Wildman–Crippen LogP) is 3.19. The van der Waals surface area contributed by atoms with Crippen LogP contribution in [0, 0.1) is 11.5 Å². The summed E-state index contributed by atoms with van der Waals surface area (Å²) in [5.74, 6) is 0. The number of anilines is 1. The molecule has 1 N–H and O–H groups in total. The molecule has 0 aliphatic heterocycles. The average Bonchev–Trinajstić information content (AvgIpc) is 2.36. The molecule has 1 aromatic carbocycles. The van der Waals surface area contributed by atoms with Gasteiger partial charge in [0.1, 0.15) is 0 Å². The van der Waals surface area contributed by atoms with Crippen LogP contribution in [0.1, 0.15) is 5.56 Å². The second-order valence-corrected chi connectivity index (χ2v) is 4.75. The summed E-state index contributed by atoms with van der Waals surface area (Å²) in [5, 5.41) is 11.1. The van der Waals surface area contributed by atoms with E-state index in [0.29, 0.717) is 5.69 Å². The van der Waals surface area contributed by atoms with Crippen LogP contribution in [0.4, 0.5) is 24.5 Å². The van der Waals surface area contributed by atoms with Crippen LogP contribution in [-0.4, -0.2) is 25.5 Å². The molecule has 0 heterocycles. The quantitative estimate of drug-likeness (QED) is 0.394. The number of halogens is 3. The minimum atomic E-state index is -4.43. The molecule has 20 heavy (non-hydrogen) atoms. The van der Waals surface area contributed by atoms with Crippen molar-refractivity contribution in [3.8, 4) is 6.19 Å². The second kappa shape index (κ2) is 6.52. The molecule has 0 radical (unpaired) electrons. The topological polar surface area (TPSA) is 51.4 Å². The first kappa shape index (κ1) is 16.2. The van der Waals surface area contributed by atoms with E-state index in [1.807, 2.05) is 0 Å². The number of hydrogen-bond donors (Lipinski definition) is 1. The van der Waals surface area contributed by atoms with Crippen LogP contribution < -0.4 is 10.2 Å². The van der Waals surface area contributed by atoms with Gasteiger partial charge in [-0.25, -0.2) is 4.99 Å². The fourth-order valence-corrected chi connectivity index (χ4v) is 1.79. The van der Waals surface area contributed by atoms with Gasteiger partial charge in [0.05, 0.1) is 16.9 Å². The molecule has 1 rings (SSSR count). The zero-order valence-electron chi connectivity index (χ0n) is 11.1. The third-order valence-corrected chi connectivity index (χ3v) is 2.94. The SMILES string of the molecule is CSC(=Nc1cc(C(F)(F)F)ccc1N(C)C)NC#N. The maximum Gasteiger partial charge on any atom is 0.416 e. The minimum Gasteiger partial charge on any atom is -0.376 e. The maximum atomic E-state index is 12.7. The van der Waals surface area contributed by atoms with E-state index in [4.69, 9.17) is 5.26 Å². The molecule has 0 bridgehead atoms. The molecule has 0 spiro atoms. The zero-order chi connectivity index (χ0) is 15.3. The number of rotatable bonds is 2. The highest BCUT2D eigenvalue weighted by molar-refractivity contribution is 8.13. The van der Waals surface area contributed by atoms with Crippen molar-refractivity contribution in [1.82, 2.24) is 5.32 Å². The fourth-order valence-electron chi connectivity index (χ4n) is 1.45. The molecule has 8 heteroatoms. The smallest absolute Gasteiger partial charge is 0.376 e. The van der Waals surface area contributed by atoms with Gasteiger partial charge >= 0.3 is 6.18 Å². The Morgan fingerprint density at radius 1 is 1.40 bits per heavy atom. The lowest BCUT2D eigenvalue weighted by Crippen LogP contribution is -2.14. The van der Waals surface area contributed by atoms with Gasteiger partial charge in [0.25, 0.3) is 0 Å². The van der Waals surface area contributed by atoms with Gasteiger partial charge < -0.3 is 4.90 Å². The Morgan fingerprint density at radius 2 is 2.05 bits per heavy atom. The molecule has 0 atom stereocenters. The number of alkyl halides is 3. The number of hydrogen-bond acceptors (Lipinski definition) is 4. The molecule has 0 unspecified atom stereocenters. The minimum absolute atomic E-state index is 0.150. The van der Waals surface area contributed by atoms with E-state index in [9.17, 15) is 13.2 Å². The fraction of sp³-hybridized carbons (Fsp3) is 0.333. The number of nitrogens with zero attached hydrogens (tertiary/aromatic N) is 3. The Morgan fingerprint density at radius 3 is 2.50 bits per heavy atom. The molecule has 1 aromatic rings. The van der Waals surface area contributed by atoms with E-state index >= 15 is 0 Å². The van der Waals surface area contributed by atoms with E-state index in [-0.39, 0.29) is 10.9 Å². The molecule has 0 aliphatic rings. The van der Waals surface area contributed by atoms with Crippen LogP contribution in [0.15, 0.2) is 23.2 Å². The summed E-state index contributed by atoms with van der Waals surface area (Å²) in [4.78, 5) is 5.72. The van der Waals surface area contributed by atoms with E-state index in [1.165, 1.54) is 6.07 Å². The van der Waals surface area contributed by atoms with Crippen molar-refractivity contribution >= 4 is 28.3 Å². The standard InChI is InChI=1S/C12H13F3N4S/c1-19(2)10-5-4-8(12(13,14)15)6-9(10)18-11(20-3)17-7-16/h4-6H,1-3H3,(H,17,18). The first-order valence-electron chi connectivity index (χ1n) is 5.46. The van der Waals surface area contributed by atoms with Crippen LogP contribution in [-0.2, 0) is 6.18 Å². The van der Waals surface area contributed by atoms with Crippen molar-refractivity contribution in [1.29, 1.82) is 5.26 Å². The van der Waals surface area contributed by atoms with E-state index < -0.39 is 11.7 Å². The lowest BCUT2D eigenvalue weighted by molar-refractivity contribution is -0.137. The number of amidine groups is 1. The van der Waals surface area contributed by atoms with Gasteiger partial charge in [0.15, 0.2) is 11.4 Å². The maximum absolute atomic E-state index is 12.7. The van der Waals surface area contributed by atoms with Gasteiger partial charge in [-0.3, -0.25) is 5.32 Å². The third kappa shape index (κ3) is 4.06. The normalized spacial score (nSPS) is 11.9. The van der Waals surface area contributed by atoms with Gasteiger partial charge in [-0.15, -0.1) is 0 Å². The molecule has 0 saturated heterocycles. The summed E-state index contributed by atoms with van der Waals surface area (Å²) in [7, 11) is 3.41. The monoisotopic (exact) mass is 302 g/mol. The number of nitrogens with one attached hydrogen (secondary N) is 1. The van der Waals surface area contributed by atoms with Crippen molar-refractivity contribution in [3.05, 3.63) is 23.8 Å². The highest BCUT2D eigenvalue weighted by Crippen LogP contribution is 2.36. The van der Waals surface area contributed by atoms with Crippen molar-refractivity contribution in [2.45, 2.75) is 6.18 Å². The lowest BCUT2D eigenvalue weighted by Gasteiger charge is -2.17. The number of nitriles is 1. The van der Waals surface area contributed by atoms with Gasteiger partial charge in [-0.05, 0) is 24.5 Å². The molecule has 4 nitrogen and oxygen atoms in total. The van der Waals surface area contributed by atoms with Gasteiger partial charge in [-0.1, -0.05) is 11.8 Å². The van der Waals surface area contributed by atoms with Gasteiger partial charge in [0, 0.05) is 14.1 Å². The predicted molar refractivity (Wildman–Crippen MR) is 75.1 cm³/mol. The summed E-state index contributed by atoms with van der Waals surface area (Å²) >= 11 is 1.14. The lowest BCUT2D eigenvalue weighted by atomic mass is 10.1. The molecule has 0 aromatic heterocycles. The number of aliphatic imine (C=N–C) groups is 1. The first-order chi connectivity index (χ1) is 9.29. The summed E-state index contributed by atoms with van der Waals surface area (Å²) < 4.78 is 38.2. The molecule has 0 amide bonds. The van der Waals surface area contributed by atoms with Crippen molar-refractivity contribution in [3.63, 3.8) is 0 Å². The van der Waals surface area contributed by atoms with Crippen LogP contribution in [0.25, 0.3) is 0 Å². The highest BCUT2D eigenvalue weighted by atomic mass is 32.2. The van der Waals surface area contributed by atoms with E-state index in [1.54, 1.807) is 31.4 Å². The van der Waals surface area contributed by atoms with Crippen LogP contribution in [0.3, 0.4) is 0 Å². The molecule has 0 fully saturated rings. The Labute approximate surface area is 119 Å². The Hall–Kier alpha value is -1.88. The summed E-state index contributed by atoms with van der Waals surface area (Å²) in [6, 6.07) is 3.32. The third-order valence-electron chi connectivity index (χ3n) is 2.36. The summed E-state index contributed by atoms with van der Waals surface area (Å²) in [6.45, 7) is 0. The molecule has 0 saturated carbocycles. The van der Waals surface area contributed by atoms with Crippen molar-refractivity contribution < 1.29 is 13.2 Å². The van der Waals surface area contributed by atoms with Crippen molar-refractivity contribution in [2.75, 3.05) is 25.3 Å². The average molecular weight is 302 g/mol. The molecule has 108 valence electrons. The van der Waals surface area contributed by atoms with Crippen LogP contribution in [0.5, 0.6) is 0 Å².